The van der Waals surface area contributed by atoms with Gasteiger partial charge in [0.05, 0.1) is 0 Å². The van der Waals surface area contributed by atoms with Crippen LogP contribution in [0.25, 0.3) is 11.1 Å². The minimum absolute atomic E-state index is 0.259. The Morgan fingerprint density at radius 3 is 2.83 bits per heavy atom. The zero-order chi connectivity index (χ0) is 12.7. The molecule has 0 spiro atoms. The largest absolute Gasteiger partial charge is 0.477 e. The minimum Gasteiger partial charge on any atom is -0.477 e. The number of aryl methyl sites for hydroxylation is 1. The molecule has 0 amide bonds. The van der Waals surface area contributed by atoms with E-state index < -0.39 is 0 Å². The molecule has 0 aromatic heterocycles. The molecule has 2 radical (unpaired) electrons. The molecular formula is C15H10ClFO. The second kappa shape index (κ2) is 4.29. The van der Waals surface area contributed by atoms with Gasteiger partial charge in [0.25, 0.3) is 0 Å². The van der Waals surface area contributed by atoms with Crippen molar-refractivity contribution in [2.24, 2.45) is 0 Å². The molecule has 2 aromatic carbocycles. The van der Waals surface area contributed by atoms with Crippen LogP contribution in [0.5, 0.6) is 5.75 Å². The summed E-state index contributed by atoms with van der Waals surface area (Å²) in [6.45, 7) is 4.71. The quantitative estimate of drug-likeness (QED) is 0.737. The molecule has 0 saturated heterocycles. The highest BCUT2D eigenvalue weighted by atomic mass is 35.5. The van der Waals surface area contributed by atoms with Crippen LogP contribution in [0, 0.1) is 19.3 Å². The lowest BCUT2D eigenvalue weighted by molar-refractivity contribution is 0.436. The van der Waals surface area contributed by atoms with E-state index in [0.29, 0.717) is 17.2 Å². The van der Waals surface area contributed by atoms with E-state index in [9.17, 15) is 4.39 Å². The molecule has 0 aliphatic carbocycles. The summed E-state index contributed by atoms with van der Waals surface area (Å²) in [6.07, 6.45) is 0.521. The van der Waals surface area contributed by atoms with Gasteiger partial charge in [0, 0.05) is 22.6 Å². The summed E-state index contributed by atoms with van der Waals surface area (Å²) >= 11 is 5.94. The Morgan fingerprint density at radius 1 is 1.22 bits per heavy atom. The van der Waals surface area contributed by atoms with Crippen LogP contribution < -0.4 is 4.74 Å². The number of benzene rings is 2. The Kier molecular flexibility index (Phi) is 2.75. The Bertz CT molecular complexity index is 622. The summed E-state index contributed by atoms with van der Waals surface area (Å²) in [5, 5.41) is 0.670. The van der Waals surface area contributed by atoms with Crippen molar-refractivity contribution in [3.63, 3.8) is 0 Å². The zero-order valence-electron chi connectivity index (χ0n) is 9.76. The first-order chi connectivity index (χ1) is 8.65. The first-order valence-corrected chi connectivity index (χ1v) is 6.01. The van der Waals surface area contributed by atoms with Gasteiger partial charge in [-0.1, -0.05) is 17.7 Å². The molecule has 3 rings (SSSR count). The SMILES string of the molecule is Cc1cc(Cl)ccc1-c1cc(F)cc2c1O[C]C2. The molecule has 90 valence electrons. The van der Waals surface area contributed by atoms with Gasteiger partial charge in [0.1, 0.15) is 11.6 Å². The molecule has 1 nitrogen and oxygen atoms in total. The van der Waals surface area contributed by atoms with Crippen LogP contribution in [0.15, 0.2) is 30.3 Å². The second-order valence-corrected chi connectivity index (χ2v) is 4.76. The first kappa shape index (κ1) is 11.5. The molecule has 1 aliphatic rings. The summed E-state index contributed by atoms with van der Waals surface area (Å²) in [5.74, 6) is 0.437. The van der Waals surface area contributed by atoms with Gasteiger partial charge in [0.2, 0.25) is 6.61 Å². The topological polar surface area (TPSA) is 9.23 Å². The molecule has 0 fully saturated rings. The number of hydrogen-bond acceptors (Lipinski definition) is 1. The van der Waals surface area contributed by atoms with Crippen LogP contribution in [0.3, 0.4) is 0 Å². The molecule has 0 unspecified atom stereocenters. The Hall–Kier alpha value is -1.54. The molecule has 0 atom stereocenters. The third kappa shape index (κ3) is 1.87. The molecule has 0 bridgehead atoms. The normalized spacial score (nSPS) is 13.3. The molecule has 1 heterocycles. The highest BCUT2D eigenvalue weighted by Crippen LogP contribution is 2.40. The van der Waals surface area contributed by atoms with Gasteiger partial charge in [-0.3, -0.25) is 0 Å². The number of halogens is 2. The molecule has 2 aromatic rings. The smallest absolute Gasteiger partial charge is 0.201 e. The van der Waals surface area contributed by atoms with E-state index in [1.54, 1.807) is 6.07 Å². The number of fused-ring (bicyclic) bond motifs is 1. The van der Waals surface area contributed by atoms with Crippen LogP contribution in [-0.2, 0) is 6.42 Å². The summed E-state index contributed by atoms with van der Waals surface area (Å²) in [6, 6.07) is 8.51. The van der Waals surface area contributed by atoms with E-state index >= 15 is 0 Å². The monoisotopic (exact) mass is 260 g/mol. The lowest BCUT2D eigenvalue weighted by Gasteiger charge is -2.11. The second-order valence-electron chi connectivity index (χ2n) is 4.32. The van der Waals surface area contributed by atoms with Crippen LogP contribution in [0.2, 0.25) is 5.02 Å². The average Bonchev–Trinajstić information content (AvgIpc) is 2.76. The molecule has 0 N–H and O–H groups in total. The molecule has 18 heavy (non-hydrogen) atoms. The fourth-order valence-electron chi connectivity index (χ4n) is 2.22. The van der Waals surface area contributed by atoms with Crippen LogP contribution in [-0.4, -0.2) is 0 Å². The standard InChI is InChI=1S/C15H10ClFO/c1-9-6-11(16)2-3-13(9)14-8-12(17)7-10-4-5-18-15(10)14/h2-3,6-8H,4H2,1H3. The third-order valence-corrected chi connectivity index (χ3v) is 3.28. The van der Waals surface area contributed by atoms with E-state index in [2.05, 4.69) is 6.61 Å². The summed E-state index contributed by atoms with van der Waals surface area (Å²) in [5.41, 5.74) is 3.51. The highest BCUT2D eigenvalue weighted by molar-refractivity contribution is 6.30. The summed E-state index contributed by atoms with van der Waals surface area (Å²) in [4.78, 5) is 0. The van der Waals surface area contributed by atoms with Crippen molar-refractivity contribution in [2.45, 2.75) is 13.3 Å². The number of rotatable bonds is 1. The third-order valence-electron chi connectivity index (χ3n) is 3.05. The highest BCUT2D eigenvalue weighted by Gasteiger charge is 2.21. The lowest BCUT2D eigenvalue weighted by atomic mass is 9.97. The van der Waals surface area contributed by atoms with Crippen molar-refractivity contribution < 1.29 is 9.13 Å². The Balaban J connectivity index is 2.23. The molecule has 0 saturated carbocycles. The fourth-order valence-corrected chi connectivity index (χ4v) is 2.44. The maximum absolute atomic E-state index is 13.6. The van der Waals surface area contributed by atoms with E-state index in [-0.39, 0.29) is 5.82 Å². The lowest BCUT2D eigenvalue weighted by Crippen LogP contribution is -1.90. The molecule has 1 aliphatic heterocycles. The van der Waals surface area contributed by atoms with Crippen molar-refractivity contribution in [3.05, 3.63) is 58.9 Å². The van der Waals surface area contributed by atoms with Gasteiger partial charge in [-0.25, -0.2) is 4.39 Å². The predicted octanol–water partition coefficient (Wildman–Crippen LogP) is 4.43. The van der Waals surface area contributed by atoms with Gasteiger partial charge >= 0.3 is 0 Å². The molecular weight excluding hydrogens is 251 g/mol. The van der Waals surface area contributed by atoms with Crippen molar-refractivity contribution in [3.8, 4) is 16.9 Å². The zero-order valence-corrected chi connectivity index (χ0v) is 10.5. The summed E-state index contributed by atoms with van der Waals surface area (Å²) in [7, 11) is 0. The van der Waals surface area contributed by atoms with Crippen molar-refractivity contribution in [1.82, 2.24) is 0 Å². The predicted molar refractivity (Wildman–Crippen MR) is 69.2 cm³/mol. The van der Waals surface area contributed by atoms with E-state index in [4.69, 9.17) is 16.3 Å². The van der Waals surface area contributed by atoms with Crippen molar-refractivity contribution in [2.75, 3.05) is 0 Å². The van der Waals surface area contributed by atoms with Gasteiger partial charge in [-0.05, 0) is 42.3 Å². The van der Waals surface area contributed by atoms with Crippen LogP contribution >= 0.6 is 11.6 Å². The van der Waals surface area contributed by atoms with Crippen molar-refractivity contribution >= 4 is 11.6 Å². The minimum atomic E-state index is -0.259. The number of ether oxygens (including phenoxy) is 1. The van der Waals surface area contributed by atoms with Crippen molar-refractivity contribution in [1.29, 1.82) is 0 Å². The van der Waals surface area contributed by atoms with E-state index in [1.807, 2.05) is 19.1 Å². The number of hydrogen-bond donors (Lipinski definition) is 0. The fraction of sp³-hybridized carbons (Fsp3) is 0.133. The van der Waals surface area contributed by atoms with Crippen LogP contribution in [0.1, 0.15) is 11.1 Å². The van der Waals surface area contributed by atoms with Gasteiger partial charge in [0.15, 0.2) is 0 Å². The maximum atomic E-state index is 13.6. The Morgan fingerprint density at radius 2 is 2.06 bits per heavy atom. The van der Waals surface area contributed by atoms with Gasteiger partial charge in [-0.2, -0.15) is 0 Å². The van der Waals surface area contributed by atoms with E-state index in [0.717, 1.165) is 22.3 Å². The van der Waals surface area contributed by atoms with Gasteiger partial charge < -0.3 is 4.74 Å². The van der Waals surface area contributed by atoms with E-state index in [1.165, 1.54) is 12.1 Å². The first-order valence-electron chi connectivity index (χ1n) is 5.64. The maximum Gasteiger partial charge on any atom is 0.201 e. The summed E-state index contributed by atoms with van der Waals surface area (Å²) < 4.78 is 19.0. The molecule has 3 heteroatoms. The Labute approximate surface area is 110 Å². The van der Waals surface area contributed by atoms with Crippen LogP contribution in [0.4, 0.5) is 4.39 Å². The van der Waals surface area contributed by atoms with Gasteiger partial charge in [-0.15, -0.1) is 0 Å². The average molecular weight is 261 g/mol.